The van der Waals surface area contributed by atoms with E-state index in [1.54, 1.807) is 62.3 Å². The van der Waals surface area contributed by atoms with Crippen molar-refractivity contribution in [3.05, 3.63) is 0 Å². The van der Waals surface area contributed by atoms with Gasteiger partial charge >= 0.3 is 24.4 Å². The van der Waals surface area contributed by atoms with E-state index >= 15 is 0 Å². The molecular weight excluding hydrogens is 594 g/mol. The molecule has 0 heterocycles. The molecule has 0 bridgehead atoms. The summed E-state index contributed by atoms with van der Waals surface area (Å²) in [6, 6.07) is 0. The third kappa shape index (κ3) is 24.0. The van der Waals surface area contributed by atoms with Gasteiger partial charge in [-0.1, -0.05) is 0 Å². The molecule has 0 aliphatic carbocycles. The number of nitrogens with two attached hydrogens (primary N) is 1. The maximum Gasteiger partial charge on any atom is 0.407 e. The normalized spacial score (nSPS) is 12.3. The van der Waals surface area contributed by atoms with E-state index in [1.165, 1.54) is 0 Å². The van der Waals surface area contributed by atoms with E-state index in [4.69, 9.17) is 24.7 Å². The molecule has 0 aliphatic heterocycles. The second-order valence-corrected chi connectivity index (χ2v) is 13.0. The highest BCUT2D eigenvalue weighted by molar-refractivity contribution is 5.81. The molecule has 0 radical (unpaired) electrons. The standard InChI is InChI=1S/C28H53N7O10/c1-26(2,3)43-23(39)33-14-18(15-34-24(40)44-27(4,5)6)20(36)31-12-10-30-11-13-32-21(37)19(17-42-22(29)38)16-35-25(41)45-28(7,8)9/h18-19,30H,10-17H2,1-9H3,(H2,29,38)(H,31,36)(H,32,37)(H,33,39)(H,34,40)(H,35,41). The molecule has 17 nitrogen and oxygen atoms in total. The maximum absolute atomic E-state index is 12.8. The monoisotopic (exact) mass is 647 g/mol. The molecular formula is C28H53N7O10. The lowest BCUT2D eigenvalue weighted by atomic mass is 10.1. The Morgan fingerprint density at radius 1 is 0.533 bits per heavy atom. The summed E-state index contributed by atoms with van der Waals surface area (Å²) in [7, 11) is 0. The van der Waals surface area contributed by atoms with Gasteiger partial charge in [-0.2, -0.15) is 0 Å². The van der Waals surface area contributed by atoms with Crippen LogP contribution < -0.4 is 37.6 Å². The molecule has 0 aromatic rings. The predicted molar refractivity (Wildman–Crippen MR) is 164 cm³/mol. The van der Waals surface area contributed by atoms with Gasteiger partial charge in [0.05, 0.1) is 11.8 Å². The minimum Gasteiger partial charge on any atom is -0.449 e. The number of rotatable bonds is 16. The van der Waals surface area contributed by atoms with Gasteiger partial charge in [0.2, 0.25) is 11.8 Å². The Kier molecular flexibility index (Phi) is 17.7. The Balaban J connectivity index is 4.74. The van der Waals surface area contributed by atoms with E-state index in [0.29, 0.717) is 13.1 Å². The molecule has 17 heteroatoms. The highest BCUT2D eigenvalue weighted by Gasteiger charge is 2.25. The summed E-state index contributed by atoms with van der Waals surface area (Å²) in [6.45, 7) is 15.7. The van der Waals surface area contributed by atoms with Crippen LogP contribution in [0.5, 0.6) is 0 Å². The fourth-order valence-electron chi connectivity index (χ4n) is 3.19. The van der Waals surface area contributed by atoms with Gasteiger partial charge in [0.25, 0.3) is 0 Å². The zero-order valence-electron chi connectivity index (χ0n) is 28.0. The van der Waals surface area contributed by atoms with Crippen LogP contribution in [0.25, 0.3) is 0 Å². The van der Waals surface area contributed by atoms with Gasteiger partial charge in [-0.05, 0) is 62.3 Å². The molecule has 45 heavy (non-hydrogen) atoms. The maximum atomic E-state index is 12.8. The summed E-state index contributed by atoms with van der Waals surface area (Å²) in [4.78, 5) is 72.5. The third-order valence-electron chi connectivity index (χ3n) is 5.05. The fourth-order valence-corrected chi connectivity index (χ4v) is 3.19. The lowest BCUT2D eigenvalue weighted by molar-refractivity contribution is -0.126. The predicted octanol–water partition coefficient (Wildman–Crippen LogP) is 0.710. The first-order valence-electron chi connectivity index (χ1n) is 14.7. The molecule has 6 amide bonds. The van der Waals surface area contributed by atoms with Crippen LogP contribution in [-0.2, 0) is 28.5 Å². The number of nitrogens with one attached hydrogen (secondary N) is 6. The van der Waals surface area contributed by atoms with Gasteiger partial charge in [0.1, 0.15) is 23.4 Å². The summed E-state index contributed by atoms with van der Waals surface area (Å²) in [5, 5.41) is 16.0. The Morgan fingerprint density at radius 2 is 0.867 bits per heavy atom. The van der Waals surface area contributed by atoms with Gasteiger partial charge in [0.15, 0.2) is 0 Å². The third-order valence-corrected chi connectivity index (χ3v) is 5.05. The van der Waals surface area contributed by atoms with Gasteiger partial charge in [0, 0.05) is 45.8 Å². The summed E-state index contributed by atoms with van der Waals surface area (Å²) in [6.07, 6.45) is -3.19. The number of carbonyl (C=O) groups excluding carboxylic acids is 6. The first-order valence-corrected chi connectivity index (χ1v) is 14.7. The van der Waals surface area contributed by atoms with Crippen molar-refractivity contribution < 1.29 is 47.7 Å². The van der Waals surface area contributed by atoms with Gasteiger partial charge in [-0.15, -0.1) is 0 Å². The summed E-state index contributed by atoms with van der Waals surface area (Å²) >= 11 is 0. The van der Waals surface area contributed by atoms with Crippen molar-refractivity contribution >= 4 is 36.2 Å². The van der Waals surface area contributed by atoms with Crippen molar-refractivity contribution in [1.82, 2.24) is 31.9 Å². The molecule has 0 rings (SSSR count). The van der Waals surface area contributed by atoms with Crippen molar-refractivity contribution in [2.75, 3.05) is 52.4 Å². The Bertz CT molecular complexity index is 956. The molecule has 0 aliphatic rings. The van der Waals surface area contributed by atoms with E-state index in [9.17, 15) is 28.8 Å². The van der Waals surface area contributed by atoms with E-state index in [2.05, 4.69) is 31.9 Å². The summed E-state index contributed by atoms with van der Waals surface area (Å²) in [5.74, 6) is -2.64. The Hall–Kier alpha value is -4.02. The topological polar surface area (TPSA) is 238 Å². The second kappa shape index (κ2) is 19.4. The van der Waals surface area contributed by atoms with E-state index in [1.807, 2.05) is 0 Å². The SMILES string of the molecule is CC(C)(C)OC(=O)NCC(CNC(=O)OC(C)(C)C)C(=O)NCCNCCNC(=O)C(CNC(=O)OC(C)(C)C)COC(N)=O. The highest BCUT2D eigenvalue weighted by atomic mass is 16.6. The molecule has 1 atom stereocenters. The number of alkyl carbamates (subject to hydrolysis) is 3. The number of amides is 6. The lowest BCUT2D eigenvalue weighted by Gasteiger charge is -2.23. The summed E-state index contributed by atoms with van der Waals surface area (Å²) in [5.41, 5.74) is 2.82. The van der Waals surface area contributed by atoms with Crippen molar-refractivity contribution in [3.8, 4) is 0 Å². The van der Waals surface area contributed by atoms with Crippen LogP contribution >= 0.6 is 0 Å². The van der Waals surface area contributed by atoms with Crippen LogP contribution in [0.1, 0.15) is 62.3 Å². The molecule has 260 valence electrons. The molecule has 0 spiro atoms. The molecule has 0 fully saturated rings. The number of ether oxygens (including phenoxy) is 4. The van der Waals surface area contributed by atoms with E-state index in [0.717, 1.165) is 0 Å². The molecule has 0 saturated heterocycles. The molecule has 0 aromatic heterocycles. The largest absolute Gasteiger partial charge is 0.449 e. The fraction of sp³-hybridized carbons (Fsp3) is 0.786. The average Bonchev–Trinajstić information content (AvgIpc) is 2.84. The average molecular weight is 648 g/mol. The van der Waals surface area contributed by atoms with Crippen molar-refractivity contribution in [1.29, 1.82) is 0 Å². The minimum absolute atomic E-state index is 0.0978. The zero-order chi connectivity index (χ0) is 34.8. The van der Waals surface area contributed by atoms with Crippen LogP contribution in [0.4, 0.5) is 19.2 Å². The van der Waals surface area contributed by atoms with Gasteiger partial charge < -0.3 is 56.6 Å². The lowest BCUT2D eigenvalue weighted by Crippen LogP contribution is -2.47. The van der Waals surface area contributed by atoms with E-state index < -0.39 is 64.8 Å². The van der Waals surface area contributed by atoms with Crippen molar-refractivity contribution in [2.24, 2.45) is 17.6 Å². The van der Waals surface area contributed by atoms with Crippen molar-refractivity contribution in [2.45, 2.75) is 79.1 Å². The van der Waals surface area contributed by atoms with Crippen LogP contribution in [0.3, 0.4) is 0 Å². The zero-order valence-corrected chi connectivity index (χ0v) is 28.0. The smallest absolute Gasteiger partial charge is 0.407 e. The molecule has 0 aromatic carbocycles. The second-order valence-electron chi connectivity index (χ2n) is 13.0. The van der Waals surface area contributed by atoms with Crippen LogP contribution in [0.2, 0.25) is 0 Å². The number of carbonyl (C=O) groups is 6. The van der Waals surface area contributed by atoms with Gasteiger partial charge in [-0.3, -0.25) is 9.59 Å². The van der Waals surface area contributed by atoms with Crippen LogP contribution in [0, 0.1) is 11.8 Å². The van der Waals surface area contributed by atoms with Crippen LogP contribution in [0.15, 0.2) is 0 Å². The van der Waals surface area contributed by atoms with E-state index in [-0.39, 0.29) is 39.3 Å². The molecule has 0 saturated carbocycles. The number of primary amides is 1. The number of hydrogen-bond acceptors (Lipinski definition) is 11. The van der Waals surface area contributed by atoms with Crippen LogP contribution in [-0.4, -0.2) is 105 Å². The molecule has 8 N–H and O–H groups in total. The quantitative estimate of drug-likeness (QED) is 0.0909. The Labute approximate surface area is 265 Å². The number of hydrogen-bond donors (Lipinski definition) is 7. The minimum atomic E-state index is -1.06. The van der Waals surface area contributed by atoms with Crippen molar-refractivity contribution in [3.63, 3.8) is 0 Å². The first-order chi connectivity index (χ1) is 20.6. The highest BCUT2D eigenvalue weighted by Crippen LogP contribution is 2.09. The first kappa shape index (κ1) is 41.0. The molecule has 1 unspecified atom stereocenters. The van der Waals surface area contributed by atoms with Gasteiger partial charge in [-0.25, -0.2) is 19.2 Å². The summed E-state index contributed by atoms with van der Waals surface area (Å²) < 4.78 is 20.3. The Morgan fingerprint density at radius 3 is 1.20 bits per heavy atom.